The van der Waals surface area contributed by atoms with Crippen LogP contribution in [0.25, 0.3) is 0 Å². The average Bonchev–Trinajstić information content (AvgIpc) is 2.48. The Labute approximate surface area is 135 Å². The molecule has 128 valence electrons. The lowest BCUT2D eigenvalue weighted by Gasteiger charge is -2.18. The van der Waals surface area contributed by atoms with E-state index in [-0.39, 0.29) is 30.7 Å². The van der Waals surface area contributed by atoms with Gasteiger partial charge < -0.3 is 18.5 Å². The predicted molar refractivity (Wildman–Crippen MR) is 83.7 cm³/mol. The highest BCUT2D eigenvalue weighted by atomic mass is 31.2. The Morgan fingerprint density at radius 3 is 2.22 bits per heavy atom. The number of carbonyl (C=O) groups is 2. The minimum Gasteiger partial charge on any atom is -0.465 e. The number of rotatable bonds is 8. The van der Waals surface area contributed by atoms with Gasteiger partial charge in [-0.3, -0.25) is 9.36 Å². The molecule has 0 saturated carbocycles. The van der Waals surface area contributed by atoms with Gasteiger partial charge in [0.05, 0.1) is 32.0 Å². The van der Waals surface area contributed by atoms with Crippen LogP contribution in [-0.4, -0.2) is 32.3 Å². The Hall–Kier alpha value is -1.69. The second kappa shape index (κ2) is 8.82. The number of hydrogen-bond donors (Lipinski definition) is 0. The van der Waals surface area contributed by atoms with E-state index in [4.69, 9.17) is 13.8 Å². The van der Waals surface area contributed by atoms with Gasteiger partial charge in [0, 0.05) is 12.5 Å². The van der Waals surface area contributed by atoms with E-state index in [1.807, 2.05) is 0 Å². The number of hydrogen-bond acceptors (Lipinski definition) is 7. The lowest BCUT2D eigenvalue weighted by atomic mass is 10.1. The van der Waals surface area contributed by atoms with Crippen LogP contribution in [0.3, 0.4) is 0 Å². The molecule has 0 amide bonds. The number of esters is 2. The minimum atomic E-state index is -3.36. The van der Waals surface area contributed by atoms with Crippen LogP contribution in [0.5, 0.6) is 5.75 Å². The van der Waals surface area contributed by atoms with E-state index in [1.165, 1.54) is 32.2 Å². The molecule has 0 fully saturated rings. The molecule has 1 aromatic rings. The van der Waals surface area contributed by atoms with Crippen LogP contribution < -0.4 is 4.74 Å². The van der Waals surface area contributed by atoms with Gasteiger partial charge in [-0.1, -0.05) is 6.07 Å². The molecule has 23 heavy (non-hydrogen) atoms. The summed E-state index contributed by atoms with van der Waals surface area (Å²) >= 11 is 0. The van der Waals surface area contributed by atoms with E-state index in [2.05, 4.69) is 4.74 Å². The molecule has 1 rings (SSSR count). The van der Waals surface area contributed by atoms with Gasteiger partial charge in [0.25, 0.3) is 0 Å². The maximum atomic E-state index is 12.6. The highest BCUT2D eigenvalue weighted by molar-refractivity contribution is 7.53. The Morgan fingerprint density at radius 1 is 1.13 bits per heavy atom. The molecule has 7 nitrogen and oxygen atoms in total. The van der Waals surface area contributed by atoms with E-state index < -0.39 is 19.5 Å². The van der Waals surface area contributed by atoms with Crippen molar-refractivity contribution in [1.82, 2.24) is 0 Å². The highest BCUT2D eigenvalue weighted by Gasteiger charge is 2.26. The Kier molecular flexibility index (Phi) is 7.42. The SMILES string of the molecule is CCOP(=O)(Cc1ccc(C(=O)OC)cc1OC(C)=O)OCC. The van der Waals surface area contributed by atoms with Crippen molar-refractivity contribution in [2.75, 3.05) is 20.3 Å². The molecule has 0 saturated heterocycles. The Balaban J connectivity index is 3.20. The summed E-state index contributed by atoms with van der Waals surface area (Å²) in [5.74, 6) is -1.00. The summed E-state index contributed by atoms with van der Waals surface area (Å²) in [4.78, 5) is 22.8. The normalized spacial score (nSPS) is 11.1. The topological polar surface area (TPSA) is 88.1 Å². The monoisotopic (exact) mass is 344 g/mol. The van der Waals surface area contributed by atoms with Crippen LogP contribution in [-0.2, 0) is 29.3 Å². The summed E-state index contributed by atoms with van der Waals surface area (Å²) in [6, 6.07) is 4.40. The Bertz CT molecular complexity index is 602. The van der Waals surface area contributed by atoms with Crippen molar-refractivity contribution in [2.45, 2.75) is 26.9 Å². The smallest absolute Gasteiger partial charge is 0.337 e. The summed E-state index contributed by atoms with van der Waals surface area (Å²) in [6.07, 6.45) is -0.0707. The zero-order valence-corrected chi connectivity index (χ0v) is 14.6. The van der Waals surface area contributed by atoms with Gasteiger partial charge in [0.1, 0.15) is 5.75 Å². The van der Waals surface area contributed by atoms with Gasteiger partial charge >= 0.3 is 19.5 Å². The van der Waals surface area contributed by atoms with Crippen molar-refractivity contribution in [3.05, 3.63) is 29.3 Å². The fourth-order valence-corrected chi connectivity index (χ4v) is 3.63. The molecule has 0 N–H and O–H groups in total. The number of carbonyl (C=O) groups excluding carboxylic acids is 2. The zero-order valence-electron chi connectivity index (χ0n) is 13.7. The van der Waals surface area contributed by atoms with Gasteiger partial charge in [0.2, 0.25) is 0 Å². The van der Waals surface area contributed by atoms with Crippen molar-refractivity contribution in [1.29, 1.82) is 0 Å². The van der Waals surface area contributed by atoms with E-state index >= 15 is 0 Å². The van der Waals surface area contributed by atoms with E-state index in [0.29, 0.717) is 5.56 Å². The summed E-state index contributed by atoms with van der Waals surface area (Å²) in [6.45, 7) is 5.10. The predicted octanol–water partition coefficient (Wildman–Crippen LogP) is 3.16. The molecule has 0 atom stereocenters. The highest BCUT2D eigenvalue weighted by Crippen LogP contribution is 2.52. The lowest BCUT2D eigenvalue weighted by molar-refractivity contribution is -0.131. The maximum Gasteiger partial charge on any atom is 0.337 e. The van der Waals surface area contributed by atoms with E-state index in [9.17, 15) is 14.2 Å². The molecule has 0 spiro atoms. The van der Waals surface area contributed by atoms with Gasteiger partial charge in [-0.2, -0.15) is 0 Å². The van der Waals surface area contributed by atoms with Crippen molar-refractivity contribution >= 4 is 19.5 Å². The van der Waals surface area contributed by atoms with Gasteiger partial charge in [-0.25, -0.2) is 4.79 Å². The molecular formula is C15H21O7P. The quantitative estimate of drug-likeness (QED) is 0.406. The van der Waals surface area contributed by atoms with E-state index in [1.54, 1.807) is 13.8 Å². The van der Waals surface area contributed by atoms with Crippen molar-refractivity contribution in [3.8, 4) is 5.75 Å². The van der Waals surface area contributed by atoms with Gasteiger partial charge in [-0.15, -0.1) is 0 Å². The van der Waals surface area contributed by atoms with Gasteiger partial charge in [0.15, 0.2) is 0 Å². The molecule has 0 unspecified atom stereocenters. The van der Waals surface area contributed by atoms with Gasteiger partial charge in [-0.05, 0) is 26.0 Å². The van der Waals surface area contributed by atoms with Crippen molar-refractivity contribution in [3.63, 3.8) is 0 Å². The molecule has 0 bridgehead atoms. The second-order valence-corrected chi connectivity index (χ2v) is 6.57. The summed E-state index contributed by atoms with van der Waals surface area (Å²) in [5, 5.41) is 0. The fraction of sp³-hybridized carbons (Fsp3) is 0.467. The molecule has 0 aromatic heterocycles. The third-order valence-electron chi connectivity index (χ3n) is 2.76. The van der Waals surface area contributed by atoms with Crippen LogP contribution >= 0.6 is 7.60 Å². The van der Waals surface area contributed by atoms with E-state index in [0.717, 1.165) is 0 Å². The second-order valence-electron chi connectivity index (χ2n) is 4.51. The largest absolute Gasteiger partial charge is 0.465 e. The summed E-state index contributed by atoms with van der Waals surface area (Å²) < 4.78 is 32.8. The number of methoxy groups -OCH3 is 1. The molecule has 0 heterocycles. The van der Waals surface area contributed by atoms with Crippen molar-refractivity contribution < 1.29 is 32.7 Å². The minimum absolute atomic E-state index is 0.0707. The standard InChI is InChI=1S/C15H21O7P/c1-5-20-23(18,21-6-2)10-13-8-7-12(15(17)19-4)9-14(13)22-11(3)16/h7-9H,5-6,10H2,1-4H3. The molecule has 8 heteroatoms. The third-order valence-corrected chi connectivity index (χ3v) is 4.79. The first-order chi connectivity index (χ1) is 10.8. The zero-order chi connectivity index (χ0) is 17.5. The lowest BCUT2D eigenvalue weighted by Crippen LogP contribution is -2.08. The number of benzene rings is 1. The summed E-state index contributed by atoms with van der Waals surface area (Å²) in [5.41, 5.74) is 0.660. The molecule has 1 aromatic carbocycles. The first-order valence-electron chi connectivity index (χ1n) is 7.13. The summed E-state index contributed by atoms with van der Waals surface area (Å²) in [7, 11) is -2.11. The third kappa shape index (κ3) is 5.78. The maximum absolute atomic E-state index is 12.6. The first kappa shape index (κ1) is 19.4. The van der Waals surface area contributed by atoms with Crippen LogP contribution in [0.4, 0.5) is 0 Å². The molecule has 0 radical (unpaired) electrons. The van der Waals surface area contributed by atoms with Crippen molar-refractivity contribution in [2.24, 2.45) is 0 Å². The first-order valence-corrected chi connectivity index (χ1v) is 8.85. The molecule has 0 aliphatic rings. The fourth-order valence-electron chi connectivity index (χ4n) is 1.91. The molecule has 0 aliphatic heterocycles. The molecule has 0 aliphatic carbocycles. The van der Waals surface area contributed by atoms with Crippen LogP contribution in [0.15, 0.2) is 18.2 Å². The average molecular weight is 344 g/mol. The van der Waals surface area contributed by atoms with Crippen LogP contribution in [0, 0.1) is 0 Å². The van der Waals surface area contributed by atoms with Crippen LogP contribution in [0.1, 0.15) is 36.7 Å². The number of ether oxygens (including phenoxy) is 2. The van der Waals surface area contributed by atoms with Crippen LogP contribution in [0.2, 0.25) is 0 Å². The Morgan fingerprint density at radius 2 is 1.74 bits per heavy atom. The molecular weight excluding hydrogens is 323 g/mol.